The van der Waals surface area contributed by atoms with E-state index in [4.69, 9.17) is 11.6 Å². The Balaban J connectivity index is 1.48. The van der Waals surface area contributed by atoms with Crippen molar-refractivity contribution in [2.24, 2.45) is 0 Å². The van der Waals surface area contributed by atoms with Crippen molar-refractivity contribution >= 4 is 35.2 Å². The van der Waals surface area contributed by atoms with Gasteiger partial charge >= 0.3 is 0 Å². The highest BCUT2D eigenvalue weighted by molar-refractivity contribution is 7.99. The summed E-state index contributed by atoms with van der Waals surface area (Å²) in [5, 5.41) is 3.66. The van der Waals surface area contributed by atoms with Crippen LogP contribution in [0.3, 0.4) is 0 Å². The van der Waals surface area contributed by atoms with E-state index in [1.54, 1.807) is 11.8 Å². The third-order valence-electron chi connectivity index (χ3n) is 3.73. The first-order valence-corrected chi connectivity index (χ1v) is 9.44. The number of nitrogens with one attached hydrogen (secondary N) is 1. The van der Waals surface area contributed by atoms with Crippen molar-refractivity contribution in [3.63, 3.8) is 0 Å². The van der Waals surface area contributed by atoms with Crippen molar-refractivity contribution in [1.29, 1.82) is 0 Å². The highest BCUT2D eigenvalue weighted by atomic mass is 35.5. The third kappa shape index (κ3) is 6.83. The first-order chi connectivity index (χ1) is 11.1. The zero-order valence-corrected chi connectivity index (χ0v) is 14.8. The van der Waals surface area contributed by atoms with Gasteiger partial charge in [0.05, 0.1) is 0 Å². The molecule has 0 unspecified atom stereocenters. The molecule has 0 aliphatic carbocycles. The summed E-state index contributed by atoms with van der Waals surface area (Å²) in [5.41, 5.74) is 0. The molecule has 1 aromatic rings. The fourth-order valence-electron chi connectivity index (χ4n) is 2.48. The van der Waals surface area contributed by atoms with E-state index in [-0.39, 0.29) is 11.8 Å². The molecule has 0 atom stereocenters. The second kappa shape index (κ2) is 9.83. The van der Waals surface area contributed by atoms with E-state index < -0.39 is 0 Å². The highest BCUT2D eigenvalue weighted by Crippen LogP contribution is 2.21. The van der Waals surface area contributed by atoms with Gasteiger partial charge in [-0.25, -0.2) is 0 Å². The van der Waals surface area contributed by atoms with Gasteiger partial charge in [-0.15, -0.1) is 11.8 Å². The molecule has 6 heteroatoms. The molecule has 0 bridgehead atoms. The molecule has 2 rings (SSSR count). The van der Waals surface area contributed by atoms with Crippen LogP contribution in [0, 0.1) is 0 Å². The van der Waals surface area contributed by atoms with Gasteiger partial charge in [-0.2, -0.15) is 0 Å². The van der Waals surface area contributed by atoms with E-state index in [9.17, 15) is 9.59 Å². The molecule has 1 fully saturated rings. The average molecular weight is 355 g/mol. The van der Waals surface area contributed by atoms with E-state index in [0.717, 1.165) is 43.1 Å². The van der Waals surface area contributed by atoms with E-state index in [1.807, 2.05) is 29.2 Å². The Morgan fingerprint density at radius 1 is 1.26 bits per heavy atom. The van der Waals surface area contributed by atoms with Gasteiger partial charge < -0.3 is 10.2 Å². The van der Waals surface area contributed by atoms with Gasteiger partial charge in [0.25, 0.3) is 0 Å². The van der Waals surface area contributed by atoms with Crippen LogP contribution in [0.15, 0.2) is 29.2 Å². The van der Waals surface area contributed by atoms with Crippen molar-refractivity contribution in [2.75, 3.05) is 25.4 Å². The van der Waals surface area contributed by atoms with Crippen LogP contribution in [0.1, 0.15) is 32.1 Å². The molecule has 126 valence electrons. The number of hydrogen-bond donors (Lipinski definition) is 1. The minimum absolute atomic E-state index is 0.0921. The minimum Gasteiger partial charge on any atom is -0.356 e. The fraction of sp³-hybridized carbons (Fsp3) is 0.529. The number of halogens is 1. The summed E-state index contributed by atoms with van der Waals surface area (Å²) < 4.78 is 0. The van der Waals surface area contributed by atoms with Gasteiger partial charge in [-0.3, -0.25) is 9.59 Å². The van der Waals surface area contributed by atoms with E-state index in [2.05, 4.69) is 5.32 Å². The number of likely N-dealkylation sites (tertiary alicyclic amines) is 1. The number of thioether (sulfide) groups is 1. The molecular formula is C17H23ClN2O2S. The molecule has 0 saturated carbocycles. The summed E-state index contributed by atoms with van der Waals surface area (Å²) in [5.74, 6) is 1.25. The Hall–Kier alpha value is -1.20. The van der Waals surface area contributed by atoms with Crippen LogP contribution in [-0.4, -0.2) is 42.1 Å². The lowest BCUT2D eigenvalue weighted by Crippen LogP contribution is -2.30. The van der Waals surface area contributed by atoms with Crippen LogP contribution in [-0.2, 0) is 9.59 Å². The third-order valence-corrected chi connectivity index (χ3v) is 5.08. The van der Waals surface area contributed by atoms with E-state index in [0.29, 0.717) is 19.4 Å². The number of benzene rings is 1. The normalized spacial score (nSPS) is 14.3. The number of nitrogens with zero attached hydrogens (tertiary/aromatic N) is 1. The molecule has 1 aliphatic heterocycles. The van der Waals surface area contributed by atoms with Crippen LogP contribution in [0.5, 0.6) is 0 Å². The van der Waals surface area contributed by atoms with Crippen LogP contribution in [0.2, 0.25) is 5.02 Å². The molecule has 1 N–H and O–H groups in total. The van der Waals surface area contributed by atoms with Gasteiger partial charge in [-0.1, -0.05) is 11.6 Å². The molecule has 0 spiro atoms. The number of amides is 2. The van der Waals surface area contributed by atoms with Gasteiger partial charge in [0, 0.05) is 42.4 Å². The molecule has 2 amide bonds. The van der Waals surface area contributed by atoms with E-state index >= 15 is 0 Å². The van der Waals surface area contributed by atoms with Crippen LogP contribution >= 0.6 is 23.4 Å². The molecule has 0 aromatic heterocycles. The molecule has 0 radical (unpaired) electrons. The summed E-state index contributed by atoms with van der Waals surface area (Å²) in [7, 11) is 0. The van der Waals surface area contributed by atoms with Crippen molar-refractivity contribution in [1.82, 2.24) is 10.2 Å². The molecular weight excluding hydrogens is 332 g/mol. The van der Waals surface area contributed by atoms with Crippen LogP contribution in [0.25, 0.3) is 0 Å². The van der Waals surface area contributed by atoms with E-state index in [1.165, 1.54) is 4.90 Å². The Morgan fingerprint density at radius 3 is 2.74 bits per heavy atom. The quantitative estimate of drug-likeness (QED) is 0.546. The van der Waals surface area contributed by atoms with Gasteiger partial charge in [0.15, 0.2) is 0 Å². The summed E-state index contributed by atoms with van der Waals surface area (Å²) in [4.78, 5) is 26.2. The molecule has 23 heavy (non-hydrogen) atoms. The van der Waals surface area contributed by atoms with Crippen LogP contribution < -0.4 is 5.32 Å². The van der Waals surface area contributed by atoms with Crippen molar-refractivity contribution < 1.29 is 9.59 Å². The Bertz CT molecular complexity index is 522. The molecule has 1 aromatic carbocycles. The Morgan fingerprint density at radius 2 is 2.04 bits per heavy atom. The first-order valence-electron chi connectivity index (χ1n) is 8.08. The lowest BCUT2D eigenvalue weighted by Gasteiger charge is -2.15. The second-order valence-corrected chi connectivity index (χ2v) is 7.20. The Kier molecular flexibility index (Phi) is 7.76. The second-order valence-electron chi connectivity index (χ2n) is 5.59. The summed E-state index contributed by atoms with van der Waals surface area (Å²) in [6.45, 7) is 2.27. The number of rotatable bonds is 9. The smallest absolute Gasteiger partial charge is 0.222 e. The molecule has 4 nitrogen and oxygen atoms in total. The average Bonchev–Trinajstić information content (AvgIpc) is 2.95. The summed E-state index contributed by atoms with van der Waals surface area (Å²) in [6.07, 6.45) is 3.87. The standard InChI is InChI=1S/C17H23ClN2O2S/c18-14-6-8-15(9-7-14)23-13-2-4-16(21)19-10-3-12-20-11-1-5-17(20)22/h6-9H,1-5,10-13H2,(H,19,21). The van der Waals surface area contributed by atoms with Crippen molar-refractivity contribution in [2.45, 2.75) is 37.0 Å². The number of hydrogen-bond acceptors (Lipinski definition) is 3. The first kappa shape index (κ1) is 18.1. The van der Waals surface area contributed by atoms with Gasteiger partial charge in [0.2, 0.25) is 11.8 Å². The zero-order chi connectivity index (χ0) is 16.5. The number of carbonyl (C=O) groups is 2. The topological polar surface area (TPSA) is 49.4 Å². The minimum atomic E-state index is 0.0921. The lowest BCUT2D eigenvalue weighted by atomic mass is 10.3. The lowest BCUT2D eigenvalue weighted by molar-refractivity contribution is -0.127. The van der Waals surface area contributed by atoms with Crippen LogP contribution in [0.4, 0.5) is 0 Å². The predicted octanol–water partition coefficient (Wildman–Crippen LogP) is 3.34. The summed E-state index contributed by atoms with van der Waals surface area (Å²) in [6, 6.07) is 7.74. The summed E-state index contributed by atoms with van der Waals surface area (Å²) >= 11 is 7.57. The van der Waals surface area contributed by atoms with Crippen molar-refractivity contribution in [3.05, 3.63) is 29.3 Å². The van der Waals surface area contributed by atoms with Crippen molar-refractivity contribution in [3.8, 4) is 0 Å². The maximum Gasteiger partial charge on any atom is 0.222 e. The molecule has 1 heterocycles. The van der Waals surface area contributed by atoms with Gasteiger partial charge in [0.1, 0.15) is 0 Å². The van der Waals surface area contributed by atoms with Gasteiger partial charge in [-0.05, 0) is 49.3 Å². The molecule has 1 saturated heterocycles. The monoisotopic (exact) mass is 354 g/mol. The Labute approximate surface area is 146 Å². The largest absolute Gasteiger partial charge is 0.356 e. The SMILES string of the molecule is O=C(CCCSc1ccc(Cl)cc1)NCCCN1CCCC1=O. The number of carbonyl (C=O) groups excluding carboxylic acids is 2. The maximum atomic E-state index is 11.7. The predicted molar refractivity (Wildman–Crippen MR) is 94.9 cm³/mol. The fourth-order valence-corrected chi connectivity index (χ4v) is 3.46. The highest BCUT2D eigenvalue weighted by Gasteiger charge is 2.18. The molecule has 1 aliphatic rings. The zero-order valence-electron chi connectivity index (χ0n) is 13.2. The maximum absolute atomic E-state index is 11.7.